The number of benzene rings is 1. The van der Waals surface area contributed by atoms with Crippen LogP contribution in [0, 0.1) is 0 Å². The lowest BCUT2D eigenvalue weighted by Gasteiger charge is -2.03. The van der Waals surface area contributed by atoms with E-state index in [4.69, 9.17) is 0 Å². The molecule has 0 fully saturated rings. The van der Waals surface area contributed by atoms with Gasteiger partial charge in [-0.25, -0.2) is 4.79 Å². The summed E-state index contributed by atoms with van der Waals surface area (Å²) in [5.74, 6) is 0.294. The summed E-state index contributed by atoms with van der Waals surface area (Å²) >= 11 is 1.47. The van der Waals surface area contributed by atoms with Crippen LogP contribution in [0.3, 0.4) is 0 Å². The number of carbonyl (C=O) groups excluding carboxylic acids is 1. The van der Waals surface area contributed by atoms with Crippen LogP contribution in [-0.4, -0.2) is 16.8 Å². The minimum atomic E-state index is -0.423. The minimum absolute atomic E-state index is 0.423. The maximum atomic E-state index is 10.7. The number of hydrogen-bond donors (Lipinski definition) is 0. The Morgan fingerprint density at radius 1 is 1.50 bits per heavy atom. The molecule has 1 rings (SSSR count). The fourth-order valence-corrected chi connectivity index (χ4v) is 1.66. The van der Waals surface area contributed by atoms with Crippen molar-refractivity contribution in [1.29, 1.82) is 0 Å². The minimum Gasteiger partial charge on any atom is -0.317 e. The molecule has 0 amide bonds. The van der Waals surface area contributed by atoms with Gasteiger partial charge >= 0.3 is 5.97 Å². The summed E-state index contributed by atoms with van der Waals surface area (Å²) in [6.07, 6.45) is 1.77. The molecule has 0 unspecified atom stereocenters. The van der Waals surface area contributed by atoms with Gasteiger partial charge in [0.15, 0.2) is 0 Å². The maximum Gasteiger partial charge on any atom is 0.332 e. The van der Waals surface area contributed by atoms with E-state index in [9.17, 15) is 4.79 Å². The van der Waals surface area contributed by atoms with E-state index in [-0.39, 0.29) is 0 Å². The van der Waals surface area contributed by atoms with Gasteiger partial charge in [-0.1, -0.05) is 53.3 Å². The van der Waals surface area contributed by atoms with E-state index in [2.05, 4.69) is 16.6 Å². The van der Waals surface area contributed by atoms with Gasteiger partial charge in [0.1, 0.15) is 5.04 Å². The zero-order valence-electron chi connectivity index (χ0n) is 9.05. The largest absolute Gasteiger partial charge is 0.332 e. The molecule has 0 radical (unpaired) electrons. The Labute approximate surface area is 99.2 Å². The van der Waals surface area contributed by atoms with Crippen LogP contribution < -0.4 is 0 Å². The van der Waals surface area contributed by atoms with Crippen LogP contribution in [0.2, 0.25) is 0 Å². The molecule has 3 nitrogen and oxygen atoms in total. The van der Waals surface area contributed by atoms with Crippen molar-refractivity contribution in [2.45, 2.75) is 6.92 Å². The van der Waals surface area contributed by atoms with Crippen LogP contribution in [-0.2, 0) is 9.63 Å². The van der Waals surface area contributed by atoms with Gasteiger partial charge in [-0.3, -0.25) is 0 Å². The van der Waals surface area contributed by atoms with Gasteiger partial charge in [-0.15, -0.1) is 6.58 Å². The molecule has 84 valence electrons. The van der Waals surface area contributed by atoms with E-state index in [1.165, 1.54) is 18.7 Å². The van der Waals surface area contributed by atoms with Gasteiger partial charge in [0.05, 0.1) is 0 Å². The van der Waals surface area contributed by atoms with Gasteiger partial charge < -0.3 is 4.84 Å². The van der Waals surface area contributed by atoms with Crippen molar-refractivity contribution in [2.75, 3.05) is 5.75 Å². The van der Waals surface area contributed by atoms with Crippen LogP contribution in [0.15, 0.2) is 48.1 Å². The lowest BCUT2D eigenvalue weighted by molar-refractivity contribution is -0.140. The highest BCUT2D eigenvalue weighted by atomic mass is 32.2. The summed E-state index contributed by atoms with van der Waals surface area (Å²) < 4.78 is 0. The molecule has 0 spiro atoms. The molecule has 0 bridgehead atoms. The zero-order chi connectivity index (χ0) is 11.8. The molecule has 0 aliphatic heterocycles. The van der Waals surface area contributed by atoms with E-state index in [1.54, 1.807) is 6.08 Å². The molecule has 1 aromatic carbocycles. The second-order valence-corrected chi connectivity index (χ2v) is 3.95. The van der Waals surface area contributed by atoms with E-state index in [0.29, 0.717) is 5.04 Å². The Morgan fingerprint density at radius 3 is 2.75 bits per heavy atom. The van der Waals surface area contributed by atoms with Crippen LogP contribution in [0.4, 0.5) is 0 Å². The molecule has 16 heavy (non-hydrogen) atoms. The predicted octanol–water partition coefficient (Wildman–Crippen LogP) is 2.83. The predicted molar refractivity (Wildman–Crippen MR) is 67.4 cm³/mol. The Kier molecular flexibility index (Phi) is 5.36. The number of oxime groups is 1. The molecular formula is C12H13NO2S. The standard InChI is InChI=1S/C12H13NO2S/c1-3-9-16-12(13-15-10(2)14)11-7-5-4-6-8-11/h3-8H,1,9H2,2H3. The fourth-order valence-electron chi connectivity index (χ4n) is 0.987. The Balaban J connectivity index is 2.82. The first-order chi connectivity index (χ1) is 7.74. The third-order valence-electron chi connectivity index (χ3n) is 1.62. The summed E-state index contributed by atoms with van der Waals surface area (Å²) in [6.45, 7) is 4.96. The van der Waals surface area contributed by atoms with E-state index in [1.807, 2.05) is 30.3 Å². The van der Waals surface area contributed by atoms with Crippen molar-refractivity contribution >= 4 is 22.8 Å². The molecule has 0 aliphatic carbocycles. The molecule has 0 saturated heterocycles. The highest BCUT2D eigenvalue weighted by Crippen LogP contribution is 2.14. The van der Waals surface area contributed by atoms with Crippen molar-refractivity contribution in [2.24, 2.45) is 5.16 Å². The average Bonchev–Trinajstić information content (AvgIpc) is 2.30. The number of thioether (sulfide) groups is 1. The SMILES string of the molecule is C=CCSC(=NOC(C)=O)c1ccccc1. The molecule has 0 aromatic heterocycles. The second kappa shape index (κ2) is 6.85. The number of carbonyl (C=O) groups is 1. The number of hydrogen-bond acceptors (Lipinski definition) is 4. The van der Waals surface area contributed by atoms with Crippen LogP contribution in [0.1, 0.15) is 12.5 Å². The normalized spacial score (nSPS) is 10.9. The highest BCUT2D eigenvalue weighted by molar-refractivity contribution is 8.14. The average molecular weight is 235 g/mol. The van der Waals surface area contributed by atoms with Gasteiger partial charge in [-0.05, 0) is 0 Å². The number of nitrogens with zero attached hydrogens (tertiary/aromatic N) is 1. The highest BCUT2D eigenvalue weighted by Gasteiger charge is 2.04. The van der Waals surface area contributed by atoms with Gasteiger partial charge in [-0.2, -0.15) is 0 Å². The molecule has 0 N–H and O–H groups in total. The quantitative estimate of drug-likeness (QED) is 0.265. The first-order valence-corrected chi connectivity index (χ1v) is 5.77. The summed E-state index contributed by atoms with van der Waals surface area (Å²) in [7, 11) is 0. The van der Waals surface area contributed by atoms with Gasteiger partial charge in [0.25, 0.3) is 0 Å². The third kappa shape index (κ3) is 4.31. The van der Waals surface area contributed by atoms with Gasteiger partial charge in [0.2, 0.25) is 0 Å². The van der Waals surface area contributed by atoms with Crippen molar-refractivity contribution in [3.8, 4) is 0 Å². The lowest BCUT2D eigenvalue weighted by Crippen LogP contribution is -2.00. The van der Waals surface area contributed by atoms with Crippen molar-refractivity contribution in [3.05, 3.63) is 48.6 Å². The van der Waals surface area contributed by atoms with Gasteiger partial charge in [0, 0.05) is 18.2 Å². The zero-order valence-corrected chi connectivity index (χ0v) is 9.87. The Hall–Kier alpha value is -1.55. The van der Waals surface area contributed by atoms with Crippen molar-refractivity contribution in [3.63, 3.8) is 0 Å². The lowest BCUT2D eigenvalue weighted by atomic mass is 10.2. The molecule has 1 aromatic rings. The Bertz CT molecular complexity index is 387. The number of rotatable bonds is 4. The molecule has 0 heterocycles. The monoisotopic (exact) mass is 235 g/mol. The van der Waals surface area contributed by atoms with Crippen LogP contribution in [0.25, 0.3) is 0 Å². The topological polar surface area (TPSA) is 38.7 Å². The van der Waals surface area contributed by atoms with E-state index in [0.717, 1.165) is 11.3 Å². The smallest absolute Gasteiger partial charge is 0.317 e. The van der Waals surface area contributed by atoms with Crippen LogP contribution >= 0.6 is 11.8 Å². The molecule has 4 heteroatoms. The maximum absolute atomic E-state index is 10.7. The second-order valence-electron chi connectivity index (χ2n) is 2.95. The molecular weight excluding hydrogens is 222 g/mol. The van der Waals surface area contributed by atoms with Crippen molar-refractivity contribution in [1.82, 2.24) is 0 Å². The van der Waals surface area contributed by atoms with Crippen LogP contribution in [0.5, 0.6) is 0 Å². The fraction of sp³-hybridized carbons (Fsp3) is 0.167. The summed E-state index contributed by atoms with van der Waals surface area (Å²) in [5, 5.41) is 4.49. The summed E-state index contributed by atoms with van der Waals surface area (Å²) in [6, 6.07) is 9.57. The molecule has 0 atom stereocenters. The first-order valence-electron chi connectivity index (χ1n) is 4.78. The first kappa shape index (κ1) is 12.5. The Morgan fingerprint density at radius 2 is 2.19 bits per heavy atom. The summed E-state index contributed by atoms with van der Waals surface area (Å²) in [5.41, 5.74) is 0.926. The molecule has 0 saturated carbocycles. The van der Waals surface area contributed by atoms with E-state index >= 15 is 0 Å². The third-order valence-corrected chi connectivity index (χ3v) is 2.60. The summed E-state index contributed by atoms with van der Waals surface area (Å²) in [4.78, 5) is 15.3. The van der Waals surface area contributed by atoms with E-state index < -0.39 is 5.97 Å². The van der Waals surface area contributed by atoms with Crippen molar-refractivity contribution < 1.29 is 9.63 Å². The molecule has 0 aliphatic rings.